The number of benzene rings is 1. The predicted octanol–water partition coefficient (Wildman–Crippen LogP) is 3.00. The molecular weight excluding hydrogens is 226 g/mol. The van der Waals surface area contributed by atoms with Crippen molar-refractivity contribution in [2.45, 2.75) is 19.4 Å². The van der Waals surface area contributed by atoms with Gasteiger partial charge in [0.05, 0.1) is 0 Å². The Morgan fingerprint density at radius 2 is 2.00 bits per heavy atom. The van der Waals surface area contributed by atoms with Gasteiger partial charge in [-0.1, -0.05) is 29.8 Å². The summed E-state index contributed by atoms with van der Waals surface area (Å²) in [6.07, 6.45) is 1.28. The number of ether oxygens (including phenoxy) is 1. The molecular formula is C15H17NO2. The highest BCUT2D eigenvalue weighted by Gasteiger charge is 2.17. The van der Waals surface area contributed by atoms with Gasteiger partial charge in [0.15, 0.2) is 0 Å². The summed E-state index contributed by atoms with van der Waals surface area (Å²) in [7, 11) is 0. The quantitative estimate of drug-likeness (QED) is 0.900. The lowest BCUT2D eigenvalue weighted by atomic mass is 10.1. The topological polar surface area (TPSA) is 34.4 Å². The lowest BCUT2D eigenvalue weighted by Crippen LogP contribution is -2.19. The maximum atomic E-state index is 5.77. The van der Waals surface area contributed by atoms with Crippen molar-refractivity contribution in [2.24, 2.45) is 0 Å². The summed E-state index contributed by atoms with van der Waals surface area (Å²) in [6, 6.07) is 12.2. The molecule has 3 rings (SSSR count). The summed E-state index contributed by atoms with van der Waals surface area (Å²) < 4.78 is 11.5. The van der Waals surface area contributed by atoms with E-state index >= 15 is 0 Å². The van der Waals surface area contributed by atoms with E-state index in [0.717, 1.165) is 30.8 Å². The molecule has 2 aromatic rings. The second-order valence-electron chi connectivity index (χ2n) is 4.72. The number of rotatable bonds is 3. The van der Waals surface area contributed by atoms with Gasteiger partial charge in [-0.3, -0.25) is 0 Å². The van der Waals surface area contributed by atoms with Crippen molar-refractivity contribution in [2.75, 3.05) is 13.1 Å². The molecule has 0 amide bonds. The summed E-state index contributed by atoms with van der Waals surface area (Å²) in [4.78, 5) is 0. The molecule has 94 valence electrons. The van der Waals surface area contributed by atoms with Crippen LogP contribution >= 0.6 is 0 Å². The maximum absolute atomic E-state index is 5.77. The van der Waals surface area contributed by atoms with Gasteiger partial charge in [-0.2, -0.15) is 0 Å². The molecule has 1 unspecified atom stereocenters. The Bertz CT molecular complexity index is 510. The SMILES string of the molecule is Cc1ccc(-c2ccc(OC3CCNC3)o2)cc1. The van der Waals surface area contributed by atoms with E-state index in [2.05, 4.69) is 36.5 Å². The fourth-order valence-corrected chi connectivity index (χ4v) is 2.15. The van der Waals surface area contributed by atoms with Crippen molar-refractivity contribution in [1.82, 2.24) is 5.32 Å². The molecule has 0 spiro atoms. The molecule has 1 N–H and O–H groups in total. The van der Waals surface area contributed by atoms with Crippen LogP contribution in [0.4, 0.5) is 0 Å². The Labute approximate surface area is 107 Å². The third kappa shape index (κ3) is 2.41. The predicted molar refractivity (Wildman–Crippen MR) is 70.8 cm³/mol. The van der Waals surface area contributed by atoms with Crippen molar-refractivity contribution in [3.05, 3.63) is 42.0 Å². The molecule has 0 radical (unpaired) electrons. The lowest BCUT2D eigenvalue weighted by Gasteiger charge is -2.08. The number of hydrogen-bond acceptors (Lipinski definition) is 3. The van der Waals surface area contributed by atoms with Crippen LogP contribution < -0.4 is 10.1 Å². The van der Waals surface area contributed by atoms with Gasteiger partial charge < -0.3 is 14.5 Å². The Morgan fingerprint density at radius 1 is 1.17 bits per heavy atom. The average molecular weight is 243 g/mol. The minimum atomic E-state index is 0.238. The van der Waals surface area contributed by atoms with Crippen molar-refractivity contribution >= 4 is 0 Å². The third-order valence-corrected chi connectivity index (χ3v) is 3.22. The lowest BCUT2D eigenvalue weighted by molar-refractivity contribution is 0.174. The van der Waals surface area contributed by atoms with Gasteiger partial charge >= 0.3 is 0 Å². The summed E-state index contributed by atoms with van der Waals surface area (Å²) in [5.41, 5.74) is 2.33. The van der Waals surface area contributed by atoms with Crippen LogP contribution in [0, 0.1) is 6.92 Å². The van der Waals surface area contributed by atoms with E-state index in [1.54, 1.807) is 0 Å². The van der Waals surface area contributed by atoms with Crippen LogP contribution in [-0.4, -0.2) is 19.2 Å². The monoisotopic (exact) mass is 243 g/mol. The van der Waals surface area contributed by atoms with E-state index < -0.39 is 0 Å². The highest BCUT2D eigenvalue weighted by atomic mass is 16.6. The van der Waals surface area contributed by atoms with Crippen LogP contribution in [-0.2, 0) is 0 Å². The highest BCUT2D eigenvalue weighted by Crippen LogP contribution is 2.27. The van der Waals surface area contributed by atoms with Crippen LogP contribution in [0.15, 0.2) is 40.8 Å². The Kier molecular flexibility index (Phi) is 3.07. The van der Waals surface area contributed by atoms with E-state index in [0.29, 0.717) is 5.95 Å². The molecule has 0 bridgehead atoms. The van der Waals surface area contributed by atoms with Gasteiger partial charge in [0.25, 0.3) is 5.95 Å². The van der Waals surface area contributed by atoms with Gasteiger partial charge in [0.2, 0.25) is 0 Å². The van der Waals surface area contributed by atoms with Crippen molar-refractivity contribution in [1.29, 1.82) is 0 Å². The number of furan rings is 1. The van der Waals surface area contributed by atoms with E-state index in [9.17, 15) is 0 Å². The summed E-state index contributed by atoms with van der Waals surface area (Å²) in [5.74, 6) is 1.47. The molecule has 1 aliphatic heterocycles. The molecule has 1 aromatic heterocycles. The third-order valence-electron chi connectivity index (χ3n) is 3.22. The average Bonchev–Trinajstić information content (AvgIpc) is 3.02. The first kappa shape index (κ1) is 11.4. The number of hydrogen-bond donors (Lipinski definition) is 1. The zero-order valence-corrected chi connectivity index (χ0v) is 10.5. The molecule has 0 saturated carbocycles. The van der Waals surface area contributed by atoms with Gasteiger partial charge in [-0.05, 0) is 26.0 Å². The molecule has 1 aliphatic rings. The van der Waals surface area contributed by atoms with E-state index in [1.165, 1.54) is 5.56 Å². The molecule has 1 saturated heterocycles. The second kappa shape index (κ2) is 4.86. The van der Waals surface area contributed by atoms with Crippen LogP contribution in [0.5, 0.6) is 5.95 Å². The maximum Gasteiger partial charge on any atom is 0.285 e. The molecule has 0 aliphatic carbocycles. The van der Waals surface area contributed by atoms with Crippen LogP contribution in [0.3, 0.4) is 0 Å². The molecule has 1 aromatic carbocycles. The Morgan fingerprint density at radius 3 is 2.72 bits per heavy atom. The highest BCUT2D eigenvalue weighted by molar-refractivity contribution is 5.58. The molecule has 18 heavy (non-hydrogen) atoms. The van der Waals surface area contributed by atoms with Crippen LogP contribution in [0.2, 0.25) is 0 Å². The fraction of sp³-hybridized carbons (Fsp3) is 0.333. The zero-order valence-electron chi connectivity index (χ0n) is 10.5. The largest absolute Gasteiger partial charge is 0.460 e. The van der Waals surface area contributed by atoms with Gasteiger partial charge in [0.1, 0.15) is 11.9 Å². The fourth-order valence-electron chi connectivity index (χ4n) is 2.15. The van der Waals surface area contributed by atoms with E-state index in [4.69, 9.17) is 9.15 Å². The van der Waals surface area contributed by atoms with Crippen LogP contribution in [0.1, 0.15) is 12.0 Å². The van der Waals surface area contributed by atoms with Crippen molar-refractivity contribution < 1.29 is 9.15 Å². The first-order chi connectivity index (χ1) is 8.81. The number of aryl methyl sites for hydroxylation is 1. The van der Waals surface area contributed by atoms with Gasteiger partial charge in [-0.25, -0.2) is 0 Å². The van der Waals surface area contributed by atoms with Crippen molar-refractivity contribution in [3.63, 3.8) is 0 Å². The van der Waals surface area contributed by atoms with Crippen LogP contribution in [0.25, 0.3) is 11.3 Å². The minimum Gasteiger partial charge on any atom is -0.460 e. The van der Waals surface area contributed by atoms with Gasteiger partial charge in [-0.15, -0.1) is 0 Å². The number of nitrogens with one attached hydrogen (secondary N) is 1. The first-order valence-electron chi connectivity index (χ1n) is 6.35. The van der Waals surface area contributed by atoms with Crippen molar-refractivity contribution in [3.8, 4) is 17.3 Å². The van der Waals surface area contributed by atoms with E-state index in [-0.39, 0.29) is 6.10 Å². The summed E-state index contributed by atoms with van der Waals surface area (Å²) in [5, 5.41) is 3.27. The van der Waals surface area contributed by atoms with Gasteiger partial charge in [0, 0.05) is 18.2 Å². The molecule has 1 atom stereocenters. The molecule has 2 heterocycles. The normalized spacial score (nSPS) is 19.1. The van der Waals surface area contributed by atoms with E-state index in [1.807, 2.05) is 12.1 Å². The Balaban J connectivity index is 1.74. The molecule has 3 heteroatoms. The summed E-state index contributed by atoms with van der Waals surface area (Å²) >= 11 is 0. The first-order valence-corrected chi connectivity index (χ1v) is 6.35. The zero-order chi connectivity index (χ0) is 12.4. The minimum absolute atomic E-state index is 0.238. The Hall–Kier alpha value is -1.74. The smallest absolute Gasteiger partial charge is 0.285 e. The molecule has 1 fully saturated rings. The second-order valence-corrected chi connectivity index (χ2v) is 4.72. The standard InChI is InChI=1S/C15H17NO2/c1-11-2-4-12(5-3-11)14-6-7-15(18-14)17-13-8-9-16-10-13/h2-7,13,16H,8-10H2,1H3. The summed E-state index contributed by atoms with van der Waals surface area (Å²) in [6.45, 7) is 4.00. The molecule has 3 nitrogen and oxygen atoms in total.